The highest BCUT2D eigenvalue weighted by atomic mass is 16.5. The Balaban J connectivity index is 3.73. The quantitative estimate of drug-likeness (QED) is 0.332. The van der Waals surface area contributed by atoms with Gasteiger partial charge in [-0.15, -0.1) is 0 Å². The van der Waals surface area contributed by atoms with Gasteiger partial charge in [0.25, 0.3) is 0 Å². The first kappa shape index (κ1) is 12.7. The number of hydrogen-bond donors (Lipinski definition) is 4. The molecule has 1 atom stereocenters. The monoisotopic (exact) mass is 203 g/mol. The average Bonchev–Trinajstić information content (AvgIpc) is 2.09. The molecule has 0 aromatic rings. The van der Waals surface area contributed by atoms with Crippen LogP contribution >= 0.6 is 0 Å². The van der Waals surface area contributed by atoms with Crippen LogP contribution < -0.4 is 11.1 Å². The Labute approximate surface area is 82.9 Å². The zero-order chi connectivity index (χ0) is 11.0. The van der Waals surface area contributed by atoms with E-state index in [4.69, 9.17) is 21.0 Å². The highest BCUT2D eigenvalue weighted by molar-refractivity contribution is 5.74. The fraction of sp³-hybridized carbons (Fsp3) is 0.750. The number of nitrogens with two attached hydrogens (primary N) is 1. The van der Waals surface area contributed by atoms with Crippen LogP contribution in [0.15, 0.2) is 0 Å². The minimum Gasteiger partial charge on any atom is -0.481 e. The van der Waals surface area contributed by atoms with Crippen LogP contribution in [0.25, 0.3) is 0 Å². The molecule has 0 heterocycles. The Morgan fingerprint density at radius 1 is 1.64 bits per heavy atom. The van der Waals surface area contributed by atoms with Crippen LogP contribution in [0.4, 0.5) is 0 Å². The maximum Gasteiger partial charge on any atom is 0.306 e. The van der Waals surface area contributed by atoms with E-state index in [2.05, 4.69) is 5.32 Å². The first-order chi connectivity index (χ1) is 6.57. The number of guanidine groups is 1. The zero-order valence-corrected chi connectivity index (χ0v) is 8.25. The molecule has 0 aliphatic rings. The molecular formula is C8H17N3O3. The maximum absolute atomic E-state index is 10.7. The van der Waals surface area contributed by atoms with Crippen molar-refractivity contribution in [3.8, 4) is 0 Å². The molecule has 0 saturated carbocycles. The number of methoxy groups -OCH3 is 1. The van der Waals surface area contributed by atoms with Crippen molar-refractivity contribution < 1.29 is 14.6 Å². The molecular weight excluding hydrogens is 186 g/mol. The van der Waals surface area contributed by atoms with Gasteiger partial charge in [0.2, 0.25) is 0 Å². The van der Waals surface area contributed by atoms with Gasteiger partial charge < -0.3 is 20.9 Å². The van der Waals surface area contributed by atoms with E-state index in [0.29, 0.717) is 26.0 Å². The van der Waals surface area contributed by atoms with E-state index in [1.807, 2.05) is 0 Å². The van der Waals surface area contributed by atoms with Gasteiger partial charge in [-0.05, 0) is 12.8 Å². The summed E-state index contributed by atoms with van der Waals surface area (Å²) in [7, 11) is 1.53. The van der Waals surface area contributed by atoms with Gasteiger partial charge in [-0.3, -0.25) is 10.2 Å². The van der Waals surface area contributed by atoms with E-state index in [9.17, 15) is 4.79 Å². The lowest BCUT2D eigenvalue weighted by atomic mass is 10.0. The summed E-state index contributed by atoms with van der Waals surface area (Å²) in [5.41, 5.74) is 5.05. The number of rotatable bonds is 7. The van der Waals surface area contributed by atoms with Crippen molar-refractivity contribution in [2.24, 2.45) is 11.7 Å². The normalized spacial score (nSPS) is 12.1. The highest BCUT2D eigenvalue weighted by Crippen LogP contribution is 2.07. The molecule has 0 aliphatic heterocycles. The molecule has 0 radical (unpaired) electrons. The second kappa shape index (κ2) is 7.14. The minimum absolute atomic E-state index is 0.138. The predicted octanol–water partition coefficient (Wildman–Crippen LogP) is -0.403. The van der Waals surface area contributed by atoms with Gasteiger partial charge in [-0.2, -0.15) is 0 Å². The molecule has 14 heavy (non-hydrogen) atoms. The van der Waals surface area contributed by atoms with Gasteiger partial charge in [0.05, 0.1) is 5.92 Å². The summed E-state index contributed by atoms with van der Waals surface area (Å²) in [5, 5.41) is 18.2. The number of hydrogen-bond acceptors (Lipinski definition) is 3. The van der Waals surface area contributed by atoms with Crippen LogP contribution in [-0.2, 0) is 9.53 Å². The molecule has 6 heteroatoms. The summed E-state index contributed by atoms with van der Waals surface area (Å²) in [4.78, 5) is 10.7. The lowest BCUT2D eigenvalue weighted by Crippen LogP contribution is -2.33. The second-order valence-electron chi connectivity index (χ2n) is 2.95. The van der Waals surface area contributed by atoms with Gasteiger partial charge in [0, 0.05) is 20.3 Å². The van der Waals surface area contributed by atoms with Crippen molar-refractivity contribution in [2.45, 2.75) is 12.8 Å². The summed E-state index contributed by atoms with van der Waals surface area (Å²) in [6, 6.07) is 0. The topological polar surface area (TPSA) is 108 Å². The van der Waals surface area contributed by atoms with Crippen LogP contribution in [0, 0.1) is 11.3 Å². The average molecular weight is 203 g/mol. The Kier molecular flexibility index (Phi) is 6.47. The fourth-order valence-electron chi connectivity index (χ4n) is 1.03. The Bertz CT molecular complexity index is 196. The molecule has 5 N–H and O–H groups in total. The first-order valence-electron chi connectivity index (χ1n) is 4.37. The van der Waals surface area contributed by atoms with Crippen molar-refractivity contribution in [1.82, 2.24) is 5.32 Å². The Hall–Kier alpha value is -1.30. The third-order valence-electron chi connectivity index (χ3n) is 1.83. The van der Waals surface area contributed by atoms with Crippen LogP contribution in [0.3, 0.4) is 0 Å². The SMILES string of the molecule is COCCC(CCNC(=N)N)C(=O)O. The lowest BCUT2D eigenvalue weighted by Gasteiger charge is -2.11. The van der Waals surface area contributed by atoms with E-state index in [-0.39, 0.29) is 5.96 Å². The van der Waals surface area contributed by atoms with Crippen molar-refractivity contribution in [3.63, 3.8) is 0 Å². The summed E-state index contributed by atoms with van der Waals surface area (Å²) in [5.74, 6) is -1.42. The van der Waals surface area contributed by atoms with Crippen LogP contribution in [0.5, 0.6) is 0 Å². The molecule has 0 amide bonds. The summed E-state index contributed by atoms with van der Waals surface area (Å²) < 4.78 is 4.80. The number of nitrogens with one attached hydrogen (secondary N) is 2. The molecule has 0 rings (SSSR count). The molecule has 0 bridgehead atoms. The van der Waals surface area contributed by atoms with E-state index in [0.717, 1.165) is 0 Å². The largest absolute Gasteiger partial charge is 0.481 e. The number of carbonyl (C=O) groups is 1. The molecule has 0 aromatic carbocycles. The van der Waals surface area contributed by atoms with Gasteiger partial charge in [-0.25, -0.2) is 0 Å². The number of ether oxygens (including phenoxy) is 1. The van der Waals surface area contributed by atoms with Crippen LogP contribution in [0.1, 0.15) is 12.8 Å². The molecule has 1 unspecified atom stereocenters. The van der Waals surface area contributed by atoms with Crippen molar-refractivity contribution >= 4 is 11.9 Å². The van der Waals surface area contributed by atoms with Gasteiger partial charge >= 0.3 is 5.97 Å². The number of carboxylic acids is 1. The molecule has 82 valence electrons. The van der Waals surface area contributed by atoms with Crippen molar-refractivity contribution in [3.05, 3.63) is 0 Å². The number of aliphatic carboxylic acids is 1. The standard InChI is InChI=1S/C8H17N3O3/c1-14-5-3-6(7(12)13)2-4-11-8(9)10/h6H,2-5H2,1H3,(H,12,13)(H4,9,10,11). The van der Waals surface area contributed by atoms with Crippen LogP contribution in [-0.4, -0.2) is 37.3 Å². The van der Waals surface area contributed by atoms with Gasteiger partial charge in [-0.1, -0.05) is 0 Å². The summed E-state index contributed by atoms with van der Waals surface area (Å²) in [6.07, 6.45) is 0.920. The first-order valence-corrected chi connectivity index (χ1v) is 4.37. The van der Waals surface area contributed by atoms with E-state index in [1.165, 1.54) is 7.11 Å². The van der Waals surface area contributed by atoms with Crippen LogP contribution in [0.2, 0.25) is 0 Å². The Morgan fingerprint density at radius 3 is 2.71 bits per heavy atom. The smallest absolute Gasteiger partial charge is 0.306 e. The van der Waals surface area contributed by atoms with E-state index >= 15 is 0 Å². The molecule has 0 spiro atoms. The number of carboxylic acid groups (broad SMARTS) is 1. The van der Waals surface area contributed by atoms with E-state index < -0.39 is 11.9 Å². The second-order valence-corrected chi connectivity index (χ2v) is 2.95. The van der Waals surface area contributed by atoms with Gasteiger partial charge in [0.1, 0.15) is 0 Å². The summed E-state index contributed by atoms with van der Waals surface area (Å²) in [6.45, 7) is 0.826. The molecule has 0 fully saturated rings. The van der Waals surface area contributed by atoms with E-state index in [1.54, 1.807) is 0 Å². The predicted molar refractivity (Wildman–Crippen MR) is 52.2 cm³/mol. The Morgan fingerprint density at radius 2 is 2.29 bits per heavy atom. The molecule has 0 saturated heterocycles. The third-order valence-corrected chi connectivity index (χ3v) is 1.83. The fourth-order valence-corrected chi connectivity index (χ4v) is 1.03. The molecule has 0 aromatic heterocycles. The summed E-state index contributed by atoms with van der Waals surface area (Å²) >= 11 is 0. The molecule has 6 nitrogen and oxygen atoms in total. The zero-order valence-electron chi connectivity index (χ0n) is 8.25. The van der Waals surface area contributed by atoms with Crippen molar-refractivity contribution in [2.75, 3.05) is 20.3 Å². The third kappa shape index (κ3) is 6.24. The maximum atomic E-state index is 10.7. The molecule has 0 aliphatic carbocycles. The minimum atomic E-state index is -0.840. The van der Waals surface area contributed by atoms with Gasteiger partial charge in [0.15, 0.2) is 5.96 Å². The lowest BCUT2D eigenvalue weighted by molar-refractivity contribution is -0.142. The highest BCUT2D eigenvalue weighted by Gasteiger charge is 2.16. The van der Waals surface area contributed by atoms with Crippen molar-refractivity contribution in [1.29, 1.82) is 5.41 Å².